The van der Waals surface area contributed by atoms with Crippen LogP contribution in [0.25, 0.3) is 0 Å². The number of hydrogen-bond acceptors (Lipinski definition) is 9. The molecule has 0 aromatic carbocycles. The molecule has 2 aliphatic heterocycles. The van der Waals surface area contributed by atoms with Gasteiger partial charge in [0.2, 0.25) is 5.90 Å². The highest BCUT2D eigenvalue weighted by Crippen LogP contribution is 2.45. The van der Waals surface area contributed by atoms with Crippen molar-refractivity contribution in [3.63, 3.8) is 0 Å². The van der Waals surface area contributed by atoms with E-state index < -0.39 is 21.8 Å². The zero-order valence-electron chi connectivity index (χ0n) is 23.3. The van der Waals surface area contributed by atoms with Crippen LogP contribution < -0.4 is 21.9 Å². The molecule has 1 aliphatic carbocycles. The van der Waals surface area contributed by atoms with Crippen molar-refractivity contribution in [2.75, 3.05) is 11.2 Å². The van der Waals surface area contributed by atoms with E-state index in [2.05, 4.69) is 9.89 Å². The molecular weight excluding hydrogens is 519 g/mol. The molecule has 0 radical (unpaired) electrons. The molecule has 1 aromatic rings. The number of rotatable bonds is 7. The van der Waals surface area contributed by atoms with E-state index in [9.17, 15) is 8.42 Å². The van der Waals surface area contributed by atoms with Crippen LogP contribution in [-0.4, -0.2) is 43.8 Å². The molecule has 0 amide bonds. The van der Waals surface area contributed by atoms with E-state index in [0.717, 1.165) is 42.5 Å². The SMILES string of the molecule is CCc1ccnc(N2C3CCC2C(C(=NC(N)C(C)C)ON)C3)c(C)c1=NC1=CC=C(S(C)(=O)=O)CC=C1F. The molecular formula is C28H39FN6O3S. The Balaban J connectivity index is 1.81. The third-order valence-electron chi connectivity index (χ3n) is 7.89. The van der Waals surface area contributed by atoms with Crippen LogP contribution in [0.1, 0.15) is 57.6 Å². The van der Waals surface area contributed by atoms with Crippen LogP contribution in [-0.2, 0) is 21.1 Å². The topological polar surface area (TPSA) is 136 Å². The number of aliphatic imine (C=N–C) groups is 1. The van der Waals surface area contributed by atoms with Crippen molar-refractivity contribution in [3.8, 4) is 0 Å². The summed E-state index contributed by atoms with van der Waals surface area (Å²) in [6, 6.07) is 2.20. The highest BCUT2D eigenvalue weighted by molar-refractivity contribution is 7.94. The second-order valence-corrected chi connectivity index (χ2v) is 12.9. The molecule has 4 unspecified atom stereocenters. The summed E-state index contributed by atoms with van der Waals surface area (Å²) in [5.74, 6) is 6.49. The summed E-state index contributed by atoms with van der Waals surface area (Å²) < 4.78 is 39.1. The van der Waals surface area contributed by atoms with Gasteiger partial charge in [-0.1, -0.05) is 20.8 Å². The zero-order valence-corrected chi connectivity index (χ0v) is 24.1. The molecule has 39 heavy (non-hydrogen) atoms. The highest BCUT2D eigenvalue weighted by Gasteiger charge is 2.50. The van der Waals surface area contributed by atoms with E-state index in [1.165, 1.54) is 18.2 Å². The van der Waals surface area contributed by atoms with Gasteiger partial charge in [0, 0.05) is 41.4 Å². The molecule has 2 saturated heterocycles. The van der Waals surface area contributed by atoms with Crippen molar-refractivity contribution >= 4 is 21.6 Å². The Morgan fingerprint density at radius 3 is 2.69 bits per heavy atom. The summed E-state index contributed by atoms with van der Waals surface area (Å²) in [4.78, 5) is 21.9. The largest absolute Gasteiger partial charge is 0.396 e. The fraction of sp³-hybridized carbons (Fsp3) is 0.536. The van der Waals surface area contributed by atoms with Gasteiger partial charge in [-0.2, -0.15) is 5.90 Å². The van der Waals surface area contributed by atoms with E-state index >= 15 is 4.39 Å². The first-order valence-electron chi connectivity index (χ1n) is 13.4. The molecule has 2 bridgehead atoms. The summed E-state index contributed by atoms with van der Waals surface area (Å²) >= 11 is 0. The minimum absolute atomic E-state index is 0.0126. The average Bonchev–Trinajstić information content (AvgIpc) is 3.33. The lowest BCUT2D eigenvalue weighted by Gasteiger charge is -2.26. The minimum atomic E-state index is -3.44. The lowest BCUT2D eigenvalue weighted by atomic mass is 9.89. The Morgan fingerprint density at radius 2 is 2.05 bits per heavy atom. The Labute approximate surface area is 230 Å². The Bertz CT molecular complexity index is 1420. The monoisotopic (exact) mass is 558 g/mol. The molecule has 4 N–H and O–H groups in total. The normalized spacial score (nSPS) is 24.9. The van der Waals surface area contributed by atoms with Crippen LogP contribution in [0, 0.1) is 18.8 Å². The molecule has 0 saturated carbocycles. The molecule has 4 atom stereocenters. The van der Waals surface area contributed by atoms with Gasteiger partial charge in [0.05, 0.1) is 17.0 Å². The van der Waals surface area contributed by atoms with Crippen molar-refractivity contribution in [2.24, 2.45) is 33.5 Å². The second kappa shape index (κ2) is 11.7. The summed E-state index contributed by atoms with van der Waals surface area (Å²) in [6.45, 7) is 7.97. The maximum atomic E-state index is 15.1. The molecule has 9 nitrogen and oxygen atoms in total. The van der Waals surface area contributed by atoms with Gasteiger partial charge >= 0.3 is 0 Å². The first kappa shape index (κ1) is 29.1. The number of fused-ring (bicyclic) bond motifs is 2. The fourth-order valence-corrected chi connectivity index (χ4v) is 6.32. The van der Waals surface area contributed by atoms with E-state index in [0.29, 0.717) is 17.7 Å². The smallest absolute Gasteiger partial charge is 0.215 e. The average molecular weight is 559 g/mol. The van der Waals surface area contributed by atoms with Crippen LogP contribution in [0.2, 0.25) is 0 Å². The van der Waals surface area contributed by atoms with Gasteiger partial charge in [-0.05, 0) is 68.4 Å². The standard InChI is InChI=1S/C28H39FN6O3S/c1-6-18-13-14-32-27(17(4)25(18)33-23-11-9-20(39(5,36)37)8-10-22(23)29)35-19-7-12-24(35)21(15-19)28(38-31)34-26(30)16(2)3/h9-11,13-14,16,19,21,24,26H,6-8,12,15,30-31H2,1-5H3. The third kappa shape index (κ3) is 6.00. The van der Waals surface area contributed by atoms with Gasteiger partial charge in [0.1, 0.15) is 17.8 Å². The molecule has 3 aliphatic rings. The van der Waals surface area contributed by atoms with Crippen LogP contribution in [0.15, 0.2) is 56.9 Å². The van der Waals surface area contributed by atoms with Crippen LogP contribution >= 0.6 is 0 Å². The predicted molar refractivity (Wildman–Crippen MR) is 152 cm³/mol. The first-order chi connectivity index (χ1) is 18.5. The zero-order chi connectivity index (χ0) is 28.5. The number of nitrogens with zero attached hydrogens (tertiary/aromatic N) is 4. The first-order valence-corrected chi connectivity index (χ1v) is 15.3. The number of anilines is 1. The lowest BCUT2D eigenvalue weighted by molar-refractivity contribution is 0.275. The molecule has 4 rings (SSSR count). The summed E-state index contributed by atoms with van der Waals surface area (Å²) in [7, 11) is -3.44. The van der Waals surface area contributed by atoms with Crippen molar-refractivity contribution in [2.45, 2.75) is 78.0 Å². The van der Waals surface area contributed by atoms with Crippen LogP contribution in [0.3, 0.4) is 0 Å². The Morgan fingerprint density at radius 1 is 1.31 bits per heavy atom. The molecule has 2 fully saturated rings. The van der Waals surface area contributed by atoms with Gasteiger partial charge in [0.15, 0.2) is 9.84 Å². The maximum Gasteiger partial charge on any atom is 0.215 e. The maximum absolute atomic E-state index is 15.1. The van der Waals surface area contributed by atoms with Gasteiger partial charge in [-0.25, -0.2) is 27.8 Å². The van der Waals surface area contributed by atoms with Gasteiger partial charge in [-0.15, -0.1) is 0 Å². The number of hydrogen-bond donors (Lipinski definition) is 2. The van der Waals surface area contributed by atoms with Gasteiger partial charge in [0.25, 0.3) is 0 Å². The summed E-state index contributed by atoms with van der Waals surface area (Å²) in [5, 5.41) is 0.629. The molecule has 212 valence electrons. The van der Waals surface area contributed by atoms with E-state index in [1.807, 2.05) is 33.8 Å². The molecule has 1 aromatic heterocycles. The van der Waals surface area contributed by atoms with Crippen molar-refractivity contribution < 1.29 is 17.6 Å². The van der Waals surface area contributed by atoms with E-state index in [4.69, 9.17) is 26.4 Å². The quantitative estimate of drug-likeness (QED) is 0.297. The lowest BCUT2D eigenvalue weighted by Crippen LogP contribution is -2.37. The molecule has 3 heterocycles. The van der Waals surface area contributed by atoms with Crippen LogP contribution in [0.5, 0.6) is 0 Å². The van der Waals surface area contributed by atoms with Crippen molar-refractivity contribution in [1.29, 1.82) is 0 Å². The van der Waals surface area contributed by atoms with Crippen molar-refractivity contribution in [3.05, 3.63) is 63.4 Å². The van der Waals surface area contributed by atoms with E-state index in [-0.39, 0.29) is 40.9 Å². The van der Waals surface area contributed by atoms with E-state index in [1.54, 1.807) is 6.20 Å². The number of aryl methyl sites for hydroxylation is 1. The predicted octanol–water partition coefficient (Wildman–Crippen LogP) is 3.51. The minimum Gasteiger partial charge on any atom is -0.396 e. The summed E-state index contributed by atoms with van der Waals surface area (Å²) in [6.07, 6.45) is 10.0. The number of halogens is 1. The number of aromatic nitrogens is 1. The molecule has 0 spiro atoms. The number of sulfone groups is 1. The van der Waals surface area contributed by atoms with Crippen molar-refractivity contribution in [1.82, 2.24) is 4.98 Å². The third-order valence-corrected chi connectivity index (χ3v) is 9.14. The van der Waals surface area contributed by atoms with Gasteiger partial charge in [-0.3, -0.25) is 0 Å². The molecule has 11 heteroatoms. The number of nitrogens with two attached hydrogens (primary N) is 2. The Hall–Kier alpha value is -2.89. The number of allylic oxidation sites excluding steroid dienone is 5. The highest BCUT2D eigenvalue weighted by atomic mass is 32.2. The Kier molecular flexibility index (Phi) is 8.72. The summed E-state index contributed by atoms with van der Waals surface area (Å²) in [5.41, 5.74) is 8.02. The van der Waals surface area contributed by atoms with Crippen LogP contribution in [0.4, 0.5) is 10.2 Å². The van der Waals surface area contributed by atoms with Gasteiger partial charge < -0.3 is 15.5 Å². The fourth-order valence-electron chi connectivity index (χ4n) is 5.62. The second-order valence-electron chi connectivity index (χ2n) is 10.8.